The topological polar surface area (TPSA) is 32.3 Å². The van der Waals surface area contributed by atoms with E-state index in [-0.39, 0.29) is 11.9 Å². The fourth-order valence-electron chi connectivity index (χ4n) is 3.23. The van der Waals surface area contributed by atoms with E-state index in [1.54, 1.807) is 19.1 Å². The number of benzene rings is 2. The normalized spacial score (nSPS) is 15.8. The molecule has 0 atom stereocenters. The van der Waals surface area contributed by atoms with Gasteiger partial charge in [0.2, 0.25) is 0 Å². The van der Waals surface area contributed by atoms with Crippen LogP contribution in [0.15, 0.2) is 36.4 Å². The van der Waals surface area contributed by atoms with E-state index in [0.717, 1.165) is 43.1 Å². The molecule has 0 aliphatic carbocycles. The van der Waals surface area contributed by atoms with E-state index in [4.69, 9.17) is 0 Å². The zero-order chi connectivity index (χ0) is 18.7. The van der Waals surface area contributed by atoms with E-state index in [1.807, 2.05) is 0 Å². The summed E-state index contributed by atoms with van der Waals surface area (Å²) in [5.74, 6) is -2.37. The first-order valence-electron chi connectivity index (χ1n) is 8.65. The van der Waals surface area contributed by atoms with Gasteiger partial charge in [0.05, 0.1) is 0 Å². The van der Waals surface area contributed by atoms with E-state index in [0.29, 0.717) is 12.1 Å². The largest absolute Gasteiger partial charge is 0.349 e. The van der Waals surface area contributed by atoms with Gasteiger partial charge in [-0.1, -0.05) is 12.1 Å². The van der Waals surface area contributed by atoms with E-state index in [2.05, 4.69) is 10.2 Å². The van der Waals surface area contributed by atoms with Crippen molar-refractivity contribution in [2.45, 2.75) is 32.4 Å². The Bertz CT molecular complexity index is 802. The van der Waals surface area contributed by atoms with Crippen LogP contribution in [0, 0.1) is 24.4 Å². The Kier molecular flexibility index (Phi) is 5.61. The van der Waals surface area contributed by atoms with Crippen LogP contribution in [0.1, 0.15) is 34.3 Å². The predicted octanol–water partition coefficient (Wildman–Crippen LogP) is 3.81. The van der Waals surface area contributed by atoms with Gasteiger partial charge >= 0.3 is 0 Å². The number of likely N-dealkylation sites (tertiary alicyclic amines) is 1. The van der Waals surface area contributed by atoms with Gasteiger partial charge in [0.1, 0.15) is 5.82 Å². The molecule has 3 rings (SSSR count). The van der Waals surface area contributed by atoms with Crippen LogP contribution in [0.4, 0.5) is 13.2 Å². The minimum Gasteiger partial charge on any atom is -0.349 e. The number of halogens is 3. The van der Waals surface area contributed by atoms with Gasteiger partial charge < -0.3 is 5.32 Å². The summed E-state index contributed by atoms with van der Waals surface area (Å²) >= 11 is 0. The molecular formula is C20H21F3N2O. The first-order valence-corrected chi connectivity index (χ1v) is 8.65. The zero-order valence-corrected chi connectivity index (χ0v) is 14.6. The molecule has 0 saturated carbocycles. The number of aryl methyl sites for hydroxylation is 1. The number of amides is 1. The van der Waals surface area contributed by atoms with Crippen LogP contribution in [0.2, 0.25) is 0 Å². The Morgan fingerprint density at radius 1 is 1.08 bits per heavy atom. The fourth-order valence-corrected chi connectivity index (χ4v) is 3.23. The molecule has 2 aromatic rings. The second-order valence-corrected chi connectivity index (χ2v) is 6.73. The van der Waals surface area contributed by atoms with Crippen LogP contribution in [0.25, 0.3) is 0 Å². The van der Waals surface area contributed by atoms with Gasteiger partial charge in [0, 0.05) is 31.2 Å². The molecule has 6 heteroatoms. The molecule has 138 valence electrons. The molecule has 0 unspecified atom stereocenters. The minimum atomic E-state index is -0.845. The van der Waals surface area contributed by atoms with Gasteiger partial charge in [-0.05, 0) is 55.2 Å². The second kappa shape index (κ2) is 7.91. The van der Waals surface area contributed by atoms with Crippen molar-refractivity contribution < 1.29 is 18.0 Å². The lowest BCUT2D eigenvalue weighted by Gasteiger charge is -2.32. The molecule has 1 saturated heterocycles. The van der Waals surface area contributed by atoms with Gasteiger partial charge in [0.15, 0.2) is 11.6 Å². The molecule has 0 bridgehead atoms. The van der Waals surface area contributed by atoms with Crippen LogP contribution in [-0.4, -0.2) is 29.9 Å². The third-order valence-corrected chi connectivity index (χ3v) is 4.76. The number of carbonyl (C=O) groups excluding carboxylic acids is 1. The average molecular weight is 362 g/mol. The first-order chi connectivity index (χ1) is 12.4. The molecule has 0 radical (unpaired) electrons. The highest BCUT2D eigenvalue weighted by molar-refractivity contribution is 5.95. The second-order valence-electron chi connectivity index (χ2n) is 6.73. The SMILES string of the molecule is Cc1ccc(F)cc1C(=O)NC1CCN(Cc2ccc(F)c(F)c2)CC1. The van der Waals surface area contributed by atoms with E-state index < -0.39 is 17.5 Å². The smallest absolute Gasteiger partial charge is 0.251 e. The van der Waals surface area contributed by atoms with Gasteiger partial charge in [0.25, 0.3) is 5.91 Å². The summed E-state index contributed by atoms with van der Waals surface area (Å²) < 4.78 is 39.6. The summed E-state index contributed by atoms with van der Waals surface area (Å²) in [7, 11) is 0. The van der Waals surface area contributed by atoms with E-state index in [1.165, 1.54) is 18.2 Å². The highest BCUT2D eigenvalue weighted by Gasteiger charge is 2.22. The summed E-state index contributed by atoms with van der Waals surface area (Å²) in [4.78, 5) is 14.5. The Balaban J connectivity index is 1.52. The number of carbonyl (C=O) groups is 1. The number of rotatable bonds is 4. The molecule has 1 fully saturated rings. The lowest BCUT2D eigenvalue weighted by Crippen LogP contribution is -2.44. The van der Waals surface area contributed by atoms with Crippen LogP contribution in [0.3, 0.4) is 0 Å². The Morgan fingerprint density at radius 3 is 2.50 bits per heavy atom. The van der Waals surface area contributed by atoms with Crippen LogP contribution in [-0.2, 0) is 6.54 Å². The van der Waals surface area contributed by atoms with Gasteiger partial charge in [-0.15, -0.1) is 0 Å². The molecule has 1 aliphatic rings. The van der Waals surface area contributed by atoms with Crippen molar-refractivity contribution in [1.29, 1.82) is 0 Å². The Morgan fingerprint density at radius 2 is 1.81 bits per heavy atom. The summed E-state index contributed by atoms with van der Waals surface area (Å²) in [5, 5.41) is 2.96. The molecule has 1 N–H and O–H groups in total. The van der Waals surface area contributed by atoms with Gasteiger partial charge in [-0.25, -0.2) is 13.2 Å². The Hall–Kier alpha value is -2.34. The molecule has 1 heterocycles. The maximum Gasteiger partial charge on any atom is 0.251 e. The van der Waals surface area contributed by atoms with Crippen molar-refractivity contribution >= 4 is 5.91 Å². The summed E-state index contributed by atoms with van der Waals surface area (Å²) in [5.41, 5.74) is 1.82. The third kappa shape index (κ3) is 4.43. The van der Waals surface area contributed by atoms with Crippen molar-refractivity contribution in [2.75, 3.05) is 13.1 Å². The molecule has 0 spiro atoms. The summed E-state index contributed by atoms with van der Waals surface area (Å²) in [6.07, 6.45) is 1.51. The lowest BCUT2D eigenvalue weighted by atomic mass is 10.0. The predicted molar refractivity (Wildman–Crippen MR) is 93.3 cm³/mol. The van der Waals surface area contributed by atoms with Crippen molar-refractivity contribution in [2.24, 2.45) is 0 Å². The molecular weight excluding hydrogens is 341 g/mol. The standard InChI is InChI=1S/C20H21F3N2O/c1-13-2-4-15(21)11-17(13)20(26)24-16-6-8-25(9-7-16)12-14-3-5-18(22)19(23)10-14/h2-5,10-11,16H,6-9,12H2,1H3,(H,24,26). The fraction of sp³-hybridized carbons (Fsp3) is 0.350. The van der Waals surface area contributed by atoms with Gasteiger partial charge in [-0.3, -0.25) is 9.69 Å². The van der Waals surface area contributed by atoms with Crippen LogP contribution < -0.4 is 5.32 Å². The highest BCUT2D eigenvalue weighted by Crippen LogP contribution is 2.17. The lowest BCUT2D eigenvalue weighted by molar-refractivity contribution is 0.0908. The highest BCUT2D eigenvalue weighted by atomic mass is 19.2. The van der Waals surface area contributed by atoms with Crippen molar-refractivity contribution in [3.8, 4) is 0 Å². The molecule has 1 amide bonds. The summed E-state index contributed by atoms with van der Waals surface area (Å²) in [6.45, 7) is 3.80. The van der Waals surface area contributed by atoms with Crippen LogP contribution in [0.5, 0.6) is 0 Å². The summed E-state index contributed by atoms with van der Waals surface area (Å²) in [6, 6.07) is 8.14. The number of nitrogens with zero attached hydrogens (tertiary/aromatic N) is 1. The van der Waals surface area contributed by atoms with Crippen LogP contribution >= 0.6 is 0 Å². The number of hydrogen-bond donors (Lipinski definition) is 1. The number of nitrogens with one attached hydrogen (secondary N) is 1. The average Bonchev–Trinajstić information content (AvgIpc) is 2.62. The van der Waals surface area contributed by atoms with Gasteiger partial charge in [-0.2, -0.15) is 0 Å². The quantitative estimate of drug-likeness (QED) is 0.897. The zero-order valence-electron chi connectivity index (χ0n) is 14.6. The van der Waals surface area contributed by atoms with Crippen molar-refractivity contribution in [3.63, 3.8) is 0 Å². The molecule has 0 aromatic heterocycles. The molecule has 3 nitrogen and oxygen atoms in total. The van der Waals surface area contributed by atoms with E-state index >= 15 is 0 Å². The monoisotopic (exact) mass is 362 g/mol. The first kappa shape index (κ1) is 18.5. The van der Waals surface area contributed by atoms with Crippen molar-refractivity contribution in [1.82, 2.24) is 10.2 Å². The molecule has 1 aliphatic heterocycles. The number of hydrogen-bond acceptors (Lipinski definition) is 2. The molecule has 2 aromatic carbocycles. The maximum absolute atomic E-state index is 13.4. The van der Waals surface area contributed by atoms with E-state index in [9.17, 15) is 18.0 Å². The number of piperidine rings is 1. The molecule has 26 heavy (non-hydrogen) atoms. The van der Waals surface area contributed by atoms with Crippen molar-refractivity contribution in [3.05, 3.63) is 70.5 Å². The third-order valence-electron chi connectivity index (χ3n) is 4.76. The maximum atomic E-state index is 13.4. The minimum absolute atomic E-state index is 0.0198. The Labute approximate surface area is 150 Å².